The summed E-state index contributed by atoms with van der Waals surface area (Å²) in [7, 11) is 0. The summed E-state index contributed by atoms with van der Waals surface area (Å²) in [5.41, 5.74) is 0.329. The molecule has 1 N–H and O–H groups in total. The van der Waals surface area contributed by atoms with E-state index in [0.29, 0.717) is 4.47 Å². The first kappa shape index (κ1) is 22.8. The molecule has 1 aromatic carbocycles. The molecular weight excluding hydrogens is 509 g/mol. The molecular formula is C17H12BrF3N4O5S. The van der Waals surface area contributed by atoms with Gasteiger partial charge >= 0.3 is 12.1 Å². The molecule has 2 aromatic rings. The Morgan fingerprint density at radius 1 is 1.23 bits per heavy atom. The second-order valence-electron chi connectivity index (χ2n) is 6.32. The van der Waals surface area contributed by atoms with Crippen LogP contribution in [0.3, 0.4) is 0 Å². The predicted molar refractivity (Wildman–Crippen MR) is 105 cm³/mol. The molecule has 2 amide bonds. The number of ether oxygens (including phenoxy) is 1. The minimum absolute atomic E-state index is 0.111. The number of aromatic nitrogens is 2. The third-order valence-corrected chi connectivity index (χ3v) is 5.54. The number of halogens is 4. The Kier molecular flexibility index (Phi) is 6.14. The van der Waals surface area contributed by atoms with Crippen LogP contribution in [0.25, 0.3) is 0 Å². The lowest BCUT2D eigenvalue weighted by Crippen LogP contribution is -2.45. The summed E-state index contributed by atoms with van der Waals surface area (Å²) in [6.07, 6.45) is -6.13. The average molecular weight is 521 g/mol. The van der Waals surface area contributed by atoms with Crippen LogP contribution < -0.4 is 10.2 Å². The van der Waals surface area contributed by atoms with Gasteiger partial charge < -0.3 is 4.74 Å². The molecule has 0 saturated heterocycles. The van der Waals surface area contributed by atoms with Gasteiger partial charge in [-0.1, -0.05) is 27.3 Å². The van der Waals surface area contributed by atoms with Gasteiger partial charge in [0.2, 0.25) is 10.1 Å². The summed E-state index contributed by atoms with van der Waals surface area (Å²) >= 11 is 3.31. The Morgan fingerprint density at radius 3 is 2.52 bits per heavy atom. The fourth-order valence-electron chi connectivity index (χ4n) is 2.65. The van der Waals surface area contributed by atoms with E-state index in [4.69, 9.17) is 4.74 Å². The lowest BCUT2D eigenvalue weighted by atomic mass is 10.1. The van der Waals surface area contributed by atoms with Gasteiger partial charge in [0.15, 0.2) is 6.10 Å². The number of esters is 1. The van der Waals surface area contributed by atoms with E-state index in [1.165, 1.54) is 26.0 Å². The lowest BCUT2D eigenvalue weighted by Gasteiger charge is -2.24. The Morgan fingerprint density at radius 2 is 1.90 bits per heavy atom. The largest absolute Gasteiger partial charge is 0.451 e. The Bertz CT molecular complexity index is 1090. The summed E-state index contributed by atoms with van der Waals surface area (Å²) in [4.78, 5) is 50.1. The third-order valence-electron chi connectivity index (χ3n) is 4.16. The van der Waals surface area contributed by atoms with Crippen molar-refractivity contribution in [1.82, 2.24) is 10.2 Å². The number of benzene rings is 1. The van der Waals surface area contributed by atoms with Crippen LogP contribution >= 0.6 is 27.3 Å². The van der Waals surface area contributed by atoms with Crippen LogP contribution in [-0.2, 0) is 25.3 Å². The van der Waals surface area contributed by atoms with E-state index in [9.17, 15) is 32.3 Å². The van der Waals surface area contributed by atoms with Crippen LogP contribution in [0.4, 0.5) is 24.0 Å². The number of nitrogens with one attached hydrogen (secondary N) is 1. The number of rotatable bonds is 5. The number of hydrogen-bond donors (Lipinski definition) is 1. The second kappa shape index (κ2) is 8.34. The summed E-state index contributed by atoms with van der Waals surface area (Å²) in [6.45, 7) is 2.50. The number of amides is 2. The quantitative estimate of drug-likeness (QED) is 0.475. The fraction of sp³-hybridized carbons (Fsp3) is 0.294. The molecule has 0 radical (unpaired) electrons. The van der Waals surface area contributed by atoms with E-state index < -0.39 is 52.0 Å². The van der Waals surface area contributed by atoms with Crippen molar-refractivity contribution in [1.29, 1.82) is 0 Å². The average Bonchev–Trinajstić information content (AvgIpc) is 3.25. The van der Waals surface area contributed by atoms with E-state index in [2.05, 4.69) is 31.4 Å². The first-order valence-corrected chi connectivity index (χ1v) is 10.1. The summed E-state index contributed by atoms with van der Waals surface area (Å²) in [5.74, 6) is -3.66. The molecule has 1 aromatic heterocycles. The van der Waals surface area contributed by atoms with Gasteiger partial charge in [-0.05, 0) is 32.0 Å². The molecule has 31 heavy (non-hydrogen) atoms. The van der Waals surface area contributed by atoms with E-state index in [1.54, 1.807) is 6.07 Å². The molecule has 2 atom stereocenters. The van der Waals surface area contributed by atoms with Crippen molar-refractivity contribution in [2.24, 2.45) is 0 Å². The van der Waals surface area contributed by atoms with E-state index >= 15 is 0 Å². The highest BCUT2D eigenvalue weighted by atomic mass is 79.9. The topological polar surface area (TPSA) is 119 Å². The van der Waals surface area contributed by atoms with Gasteiger partial charge in [0.1, 0.15) is 6.04 Å². The summed E-state index contributed by atoms with van der Waals surface area (Å²) in [6, 6.07) is 3.27. The zero-order valence-corrected chi connectivity index (χ0v) is 18.1. The van der Waals surface area contributed by atoms with Crippen molar-refractivity contribution in [2.45, 2.75) is 32.2 Å². The van der Waals surface area contributed by atoms with E-state index in [1.807, 2.05) is 0 Å². The van der Waals surface area contributed by atoms with Crippen molar-refractivity contribution in [3.63, 3.8) is 0 Å². The lowest BCUT2D eigenvalue weighted by molar-refractivity contribution is -0.154. The molecule has 164 valence electrons. The molecule has 0 fully saturated rings. The van der Waals surface area contributed by atoms with E-state index in [0.717, 1.165) is 4.90 Å². The number of carbonyl (C=O) groups excluding carboxylic acids is 4. The molecule has 9 nitrogen and oxygen atoms in total. The number of carbonyl (C=O) groups is 4. The van der Waals surface area contributed by atoms with Gasteiger partial charge in [0.25, 0.3) is 17.6 Å². The van der Waals surface area contributed by atoms with Gasteiger partial charge in [-0.2, -0.15) is 13.2 Å². The first-order chi connectivity index (χ1) is 14.4. The number of ketones is 1. The monoisotopic (exact) mass is 520 g/mol. The molecule has 0 bridgehead atoms. The molecule has 1 aliphatic rings. The Hall–Kier alpha value is -2.87. The Labute approximate surface area is 184 Å². The maximum atomic E-state index is 12.6. The molecule has 0 spiro atoms. The zero-order valence-electron chi connectivity index (χ0n) is 15.7. The maximum Gasteiger partial charge on any atom is 0.445 e. The van der Waals surface area contributed by atoms with Crippen LogP contribution in [0.2, 0.25) is 0 Å². The smallest absolute Gasteiger partial charge is 0.445 e. The van der Waals surface area contributed by atoms with Gasteiger partial charge in [-0.15, -0.1) is 10.2 Å². The SMILES string of the molecule is CC(OC(=O)C(C)N1C(=O)C(=O)c2cc(Br)ccc21)C(=O)Nc1nnc(C(F)(F)F)s1. The minimum Gasteiger partial charge on any atom is -0.451 e. The fourth-order valence-corrected chi connectivity index (χ4v) is 3.62. The van der Waals surface area contributed by atoms with Crippen molar-refractivity contribution in [3.8, 4) is 0 Å². The number of fused-ring (bicyclic) bond motifs is 1. The van der Waals surface area contributed by atoms with Crippen LogP contribution in [0, 0.1) is 0 Å². The molecule has 0 saturated carbocycles. The normalized spacial score (nSPS) is 15.5. The molecule has 2 heterocycles. The van der Waals surface area contributed by atoms with Crippen LogP contribution in [0.5, 0.6) is 0 Å². The summed E-state index contributed by atoms with van der Waals surface area (Å²) in [5, 5.41) is 6.55. The zero-order chi connectivity index (χ0) is 23.1. The molecule has 2 unspecified atom stereocenters. The van der Waals surface area contributed by atoms with E-state index in [-0.39, 0.29) is 22.6 Å². The molecule has 3 rings (SSSR count). The highest BCUT2D eigenvalue weighted by Gasteiger charge is 2.42. The number of alkyl halides is 3. The van der Waals surface area contributed by atoms with Crippen LogP contribution in [-0.4, -0.2) is 45.9 Å². The van der Waals surface area contributed by atoms with Gasteiger partial charge in [0, 0.05) is 4.47 Å². The molecule has 0 aliphatic carbocycles. The predicted octanol–water partition coefficient (Wildman–Crippen LogP) is 2.81. The van der Waals surface area contributed by atoms with Gasteiger partial charge in [-0.3, -0.25) is 24.6 Å². The highest BCUT2D eigenvalue weighted by molar-refractivity contribution is 9.10. The summed E-state index contributed by atoms with van der Waals surface area (Å²) < 4.78 is 43.3. The molecule has 1 aliphatic heterocycles. The third kappa shape index (κ3) is 4.58. The number of hydrogen-bond acceptors (Lipinski definition) is 8. The standard InChI is InChI=1S/C17H12BrF3N4O5S/c1-6(25-10-4-3-8(18)5-9(10)11(26)13(25)28)14(29)30-7(2)12(27)22-16-24-23-15(31-16)17(19,20)21/h3-7H,1-2H3,(H,22,24,27). The second-order valence-corrected chi connectivity index (χ2v) is 8.21. The van der Waals surface area contributed by atoms with Crippen molar-refractivity contribution >= 4 is 61.7 Å². The first-order valence-electron chi connectivity index (χ1n) is 8.49. The number of anilines is 2. The number of Topliss-reactive ketones (excluding diaryl/α,β-unsaturated/α-hetero) is 1. The van der Waals surface area contributed by atoms with Gasteiger partial charge in [0.05, 0.1) is 11.3 Å². The minimum atomic E-state index is -4.71. The van der Waals surface area contributed by atoms with Crippen molar-refractivity contribution < 1.29 is 37.1 Å². The Balaban J connectivity index is 1.67. The van der Waals surface area contributed by atoms with Gasteiger partial charge in [-0.25, -0.2) is 4.79 Å². The number of nitrogens with zero attached hydrogens (tertiary/aromatic N) is 3. The van der Waals surface area contributed by atoms with Crippen molar-refractivity contribution in [2.75, 3.05) is 10.2 Å². The van der Waals surface area contributed by atoms with Crippen LogP contribution in [0.1, 0.15) is 29.2 Å². The van der Waals surface area contributed by atoms with Crippen LogP contribution in [0.15, 0.2) is 22.7 Å². The molecule has 14 heteroatoms. The highest BCUT2D eigenvalue weighted by Crippen LogP contribution is 2.34. The maximum absolute atomic E-state index is 12.6. The van der Waals surface area contributed by atoms with Crippen molar-refractivity contribution in [3.05, 3.63) is 33.2 Å².